The predicted molar refractivity (Wildman–Crippen MR) is 65.2 cm³/mol. The molecule has 92 valence electrons. The van der Waals surface area contributed by atoms with Crippen LogP contribution in [0.2, 0.25) is 0 Å². The van der Waals surface area contributed by atoms with Crippen molar-refractivity contribution in [2.75, 3.05) is 13.1 Å². The summed E-state index contributed by atoms with van der Waals surface area (Å²) in [5, 5.41) is 6.48. The summed E-state index contributed by atoms with van der Waals surface area (Å²) in [5.74, 6) is 0.608. The van der Waals surface area contributed by atoms with E-state index < -0.39 is 0 Å². The van der Waals surface area contributed by atoms with Crippen LogP contribution in [-0.2, 0) is 4.79 Å². The Balaban J connectivity index is 1.76. The van der Waals surface area contributed by atoms with Gasteiger partial charge in [-0.15, -0.1) is 0 Å². The van der Waals surface area contributed by atoms with Gasteiger partial charge in [-0.25, -0.2) is 0 Å². The van der Waals surface area contributed by atoms with Crippen molar-refractivity contribution < 1.29 is 4.79 Å². The minimum Gasteiger partial charge on any atom is -0.352 e. The largest absolute Gasteiger partial charge is 0.352 e. The fraction of sp³-hybridized carbons (Fsp3) is 0.923. The summed E-state index contributed by atoms with van der Waals surface area (Å²) in [7, 11) is 0. The number of rotatable bonds is 2. The molecule has 0 unspecified atom stereocenters. The van der Waals surface area contributed by atoms with Crippen molar-refractivity contribution in [3.8, 4) is 0 Å². The predicted octanol–water partition coefficient (Wildman–Crippen LogP) is 1.82. The molecule has 2 aliphatic rings. The molecule has 0 aromatic carbocycles. The van der Waals surface area contributed by atoms with Gasteiger partial charge in [0.1, 0.15) is 0 Å². The van der Waals surface area contributed by atoms with Gasteiger partial charge in [-0.05, 0) is 25.8 Å². The molecule has 1 saturated carbocycles. The van der Waals surface area contributed by atoms with Gasteiger partial charge >= 0.3 is 0 Å². The summed E-state index contributed by atoms with van der Waals surface area (Å²) in [4.78, 5) is 12.1. The summed E-state index contributed by atoms with van der Waals surface area (Å²) >= 11 is 0. The van der Waals surface area contributed by atoms with E-state index in [2.05, 4.69) is 10.6 Å². The van der Waals surface area contributed by atoms with Crippen LogP contribution in [-0.4, -0.2) is 25.0 Å². The van der Waals surface area contributed by atoms with Crippen molar-refractivity contribution in [3.63, 3.8) is 0 Å². The molecule has 16 heavy (non-hydrogen) atoms. The van der Waals surface area contributed by atoms with Gasteiger partial charge in [0.2, 0.25) is 5.91 Å². The Labute approximate surface area is 98.4 Å². The molecule has 1 atom stereocenters. The molecule has 2 fully saturated rings. The topological polar surface area (TPSA) is 41.1 Å². The Morgan fingerprint density at radius 1 is 1.00 bits per heavy atom. The van der Waals surface area contributed by atoms with Crippen LogP contribution in [0.3, 0.4) is 0 Å². The molecular formula is C13H24N2O. The van der Waals surface area contributed by atoms with Crippen molar-refractivity contribution in [3.05, 3.63) is 0 Å². The molecule has 1 saturated heterocycles. The Bertz CT molecular complexity index is 216. The third-order valence-electron chi connectivity index (χ3n) is 3.88. The molecule has 2 rings (SSSR count). The lowest BCUT2D eigenvalue weighted by atomic mass is 9.90. The van der Waals surface area contributed by atoms with Crippen LogP contribution in [0.25, 0.3) is 0 Å². The van der Waals surface area contributed by atoms with Crippen molar-refractivity contribution in [1.29, 1.82) is 0 Å². The molecule has 1 aliphatic carbocycles. The second-order valence-electron chi connectivity index (χ2n) is 5.24. The third kappa shape index (κ3) is 3.48. The first-order valence-corrected chi connectivity index (χ1v) is 6.87. The molecule has 0 spiro atoms. The summed E-state index contributed by atoms with van der Waals surface area (Å²) in [6.07, 6.45) is 9.77. The van der Waals surface area contributed by atoms with E-state index in [1.807, 2.05) is 0 Å². The monoisotopic (exact) mass is 224 g/mol. The average molecular weight is 224 g/mol. The minimum atomic E-state index is 0.292. The molecule has 1 heterocycles. The second kappa shape index (κ2) is 6.24. The Hall–Kier alpha value is -0.570. The maximum atomic E-state index is 12.1. The molecule has 0 aromatic rings. The van der Waals surface area contributed by atoms with Gasteiger partial charge in [-0.1, -0.05) is 32.1 Å². The smallest absolute Gasteiger partial charge is 0.223 e. The fourth-order valence-corrected chi connectivity index (χ4v) is 2.82. The summed E-state index contributed by atoms with van der Waals surface area (Å²) in [6.45, 7) is 2.01. The van der Waals surface area contributed by atoms with Crippen molar-refractivity contribution in [2.24, 2.45) is 5.92 Å². The number of hydrogen-bond acceptors (Lipinski definition) is 2. The molecule has 0 bridgehead atoms. The van der Waals surface area contributed by atoms with Gasteiger partial charge in [0, 0.05) is 18.5 Å². The lowest BCUT2D eigenvalue weighted by Gasteiger charge is -2.21. The van der Waals surface area contributed by atoms with Crippen LogP contribution in [0.1, 0.15) is 51.4 Å². The van der Waals surface area contributed by atoms with Gasteiger partial charge in [0.05, 0.1) is 0 Å². The quantitative estimate of drug-likeness (QED) is 0.751. The van der Waals surface area contributed by atoms with E-state index in [1.165, 1.54) is 32.1 Å². The first-order valence-electron chi connectivity index (χ1n) is 6.87. The van der Waals surface area contributed by atoms with Gasteiger partial charge < -0.3 is 10.6 Å². The Morgan fingerprint density at radius 2 is 1.69 bits per heavy atom. The molecule has 1 aliphatic heterocycles. The average Bonchev–Trinajstić information content (AvgIpc) is 2.69. The Kier molecular flexibility index (Phi) is 4.64. The zero-order valence-electron chi connectivity index (χ0n) is 10.1. The molecule has 2 N–H and O–H groups in total. The van der Waals surface area contributed by atoms with Crippen LogP contribution in [0.15, 0.2) is 0 Å². The summed E-state index contributed by atoms with van der Waals surface area (Å²) in [6, 6.07) is 0.387. The van der Waals surface area contributed by atoms with E-state index in [4.69, 9.17) is 0 Å². The maximum Gasteiger partial charge on any atom is 0.223 e. The lowest BCUT2D eigenvalue weighted by Crippen LogP contribution is -2.40. The molecule has 3 nitrogen and oxygen atoms in total. The molecule has 0 radical (unpaired) electrons. The van der Waals surface area contributed by atoms with Crippen LogP contribution in [0, 0.1) is 5.92 Å². The van der Waals surface area contributed by atoms with E-state index >= 15 is 0 Å². The van der Waals surface area contributed by atoms with Gasteiger partial charge in [0.25, 0.3) is 0 Å². The van der Waals surface area contributed by atoms with Crippen LogP contribution in [0.4, 0.5) is 0 Å². The summed E-state index contributed by atoms with van der Waals surface area (Å²) in [5.41, 5.74) is 0. The maximum absolute atomic E-state index is 12.1. The lowest BCUT2D eigenvalue weighted by molar-refractivity contribution is -0.126. The highest BCUT2D eigenvalue weighted by Gasteiger charge is 2.23. The normalized spacial score (nSPS) is 28.4. The zero-order valence-corrected chi connectivity index (χ0v) is 10.1. The van der Waals surface area contributed by atoms with Gasteiger partial charge in [-0.3, -0.25) is 4.79 Å². The van der Waals surface area contributed by atoms with Crippen LogP contribution < -0.4 is 10.6 Å². The second-order valence-corrected chi connectivity index (χ2v) is 5.24. The number of nitrogens with one attached hydrogen (secondary N) is 2. The van der Waals surface area contributed by atoms with E-state index in [1.54, 1.807) is 0 Å². The molecule has 1 amide bonds. The number of hydrogen-bond donors (Lipinski definition) is 2. The van der Waals surface area contributed by atoms with Gasteiger partial charge in [-0.2, -0.15) is 0 Å². The van der Waals surface area contributed by atoms with E-state index in [9.17, 15) is 4.79 Å². The highest BCUT2D eigenvalue weighted by atomic mass is 16.1. The molecule has 3 heteroatoms. The fourth-order valence-electron chi connectivity index (χ4n) is 2.82. The minimum absolute atomic E-state index is 0.292. The SMILES string of the molecule is O=C(N[C@@H]1CCNC1)C1CCCCCCC1. The van der Waals surface area contributed by atoms with Crippen molar-refractivity contribution >= 4 is 5.91 Å². The molecular weight excluding hydrogens is 200 g/mol. The molecule has 0 aromatic heterocycles. The highest BCUT2D eigenvalue weighted by molar-refractivity contribution is 5.79. The van der Waals surface area contributed by atoms with E-state index in [0.29, 0.717) is 17.9 Å². The van der Waals surface area contributed by atoms with Gasteiger partial charge in [0.15, 0.2) is 0 Å². The van der Waals surface area contributed by atoms with E-state index in [-0.39, 0.29) is 0 Å². The van der Waals surface area contributed by atoms with Crippen molar-refractivity contribution in [1.82, 2.24) is 10.6 Å². The first-order chi connectivity index (χ1) is 7.86. The number of amides is 1. The number of carbonyl (C=O) groups is 1. The third-order valence-corrected chi connectivity index (χ3v) is 3.88. The standard InChI is InChI=1S/C13H24N2O/c16-13(15-12-8-9-14-10-12)11-6-4-2-1-3-5-7-11/h11-12,14H,1-10H2,(H,15,16)/t12-/m1/s1. The van der Waals surface area contributed by atoms with Crippen LogP contribution in [0.5, 0.6) is 0 Å². The number of carbonyl (C=O) groups excluding carboxylic acids is 1. The van der Waals surface area contributed by atoms with Crippen LogP contribution >= 0.6 is 0 Å². The first kappa shape index (κ1) is 11.9. The summed E-state index contributed by atoms with van der Waals surface area (Å²) < 4.78 is 0. The highest BCUT2D eigenvalue weighted by Crippen LogP contribution is 2.22. The van der Waals surface area contributed by atoms with Crippen molar-refractivity contribution in [2.45, 2.75) is 57.4 Å². The van der Waals surface area contributed by atoms with E-state index in [0.717, 1.165) is 32.4 Å². The Morgan fingerprint density at radius 3 is 2.31 bits per heavy atom. The zero-order chi connectivity index (χ0) is 11.2.